The molecule has 3 aromatic heterocycles. The van der Waals surface area contributed by atoms with Crippen molar-refractivity contribution in [2.45, 2.75) is 13.3 Å². The Hall–Kier alpha value is -4.73. The molecule has 10 heteroatoms. The predicted octanol–water partition coefficient (Wildman–Crippen LogP) is 4.52. The van der Waals surface area contributed by atoms with E-state index in [0.717, 1.165) is 28.9 Å². The van der Waals surface area contributed by atoms with E-state index in [2.05, 4.69) is 41.1 Å². The van der Waals surface area contributed by atoms with Crippen molar-refractivity contribution in [3.8, 4) is 11.5 Å². The van der Waals surface area contributed by atoms with Gasteiger partial charge in [0, 0.05) is 36.8 Å². The number of hydrogen-bond acceptors (Lipinski definition) is 10. The lowest BCUT2D eigenvalue weighted by molar-refractivity contribution is 0.354. The maximum Gasteiger partial charge on any atom is 0.231 e. The minimum Gasteiger partial charge on any atom is -0.493 e. The summed E-state index contributed by atoms with van der Waals surface area (Å²) in [4.78, 5) is 17.3. The Morgan fingerprint density at radius 1 is 0.889 bits per heavy atom. The molecule has 0 saturated heterocycles. The Morgan fingerprint density at radius 3 is 2.44 bits per heavy atom. The first-order chi connectivity index (χ1) is 17.6. The van der Waals surface area contributed by atoms with E-state index in [-0.39, 0.29) is 0 Å². The molecular formula is C26H28N8O2. The summed E-state index contributed by atoms with van der Waals surface area (Å²) in [5.74, 6) is 3.01. The first-order valence-corrected chi connectivity index (χ1v) is 11.4. The average Bonchev–Trinajstić information content (AvgIpc) is 2.92. The number of ether oxygens (including phenoxy) is 2. The first kappa shape index (κ1) is 24.4. The summed E-state index contributed by atoms with van der Waals surface area (Å²) in [6.07, 6.45) is 7.64. The Kier molecular flexibility index (Phi) is 8.21. The SMILES string of the molecule is COc1ccc(CCNc2cc(NN=C(C)c3ccncc3)nc(Nc3cccnc3)n2)cc1OC. The monoisotopic (exact) mass is 484 g/mol. The molecule has 184 valence electrons. The third kappa shape index (κ3) is 6.66. The van der Waals surface area contributed by atoms with Gasteiger partial charge >= 0.3 is 0 Å². The van der Waals surface area contributed by atoms with E-state index in [1.807, 2.05) is 55.5 Å². The number of aromatic nitrogens is 4. The highest BCUT2D eigenvalue weighted by Gasteiger charge is 2.08. The molecule has 0 aliphatic rings. The van der Waals surface area contributed by atoms with E-state index in [0.29, 0.717) is 35.6 Å². The highest BCUT2D eigenvalue weighted by atomic mass is 16.5. The molecule has 3 heterocycles. The topological polar surface area (TPSA) is 118 Å². The molecule has 10 nitrogen and oxygen atoms in total. The lowest BCUT2D eigenvalue weighted by atomic mass is 10.1. The molecule has 0 atom stereocenters. The van der Waals surface area contributed by atoms with Crippen LogP contribution in [-0.4, -0.2) is 46.4 Å². The molecule has 0 saturated carbocycles. The summed E-state index contributed by atoms with van der Waals surface area (Å²) in [5, 5.41) is 11.0. The van der Waals surface area contributed by atoms with Gasteiger partial charge < -0.3 is 20.1 Å². The van der Waals surface area contributed by atoms with Gasteiger partial charge in [-0.3, -0.25) is 15.4 Å². The number of anilines is 4. The molecule has 0 amide bonds. The summed E-state index contributed by atoms with van der Waals surface area (Å²) in [6.45, 7) is 2.57. The third-order valence-corrected chi connectivity index (χ3v) is 5.25. The van der Waals surface area contributed by atoms with Crippen LogP contribution in [0.5, 0.6) is 11.5 Å². The lowest BCUT2D eigenvalue weighted by Gasteiger charge is -2.12. The second kappa shape index (κ2) is 12.1. The molecule has 0 aliphatic carbocycles. The van der Waals surface area contributed by atoms with E-state index in [1.165, 1.54) is 0 Å². The van der Waals surface area contributed by atoms with Crippen LogP contribution >= 0.6 is 0 Å². The summed E-state index contributed by atoms with van der Waals surface area (Å²) in [5.41, 5.74) is 6.70. The molecule has 0 unspecified atom stereocenters. The van der Waals surface area contributed by atoms with Crippen molar-refractivity contribution < 1.29 is 9.47 Å². The van der Waals surface area contributed by atoms with Gasteiger partial charge in [0.05, 0.1) is 31.8 Å². The van der Waals surface area contributed by atoms with Crippen molar-refractivity contribution in [2.24, 2.45) is 5.10 Å². The molecule has 4 rings (SSSR count). The van der Waals surface area contributed by atoms with Crippen LogP contribution in [0.25, 0.3) is 0 Å². The van der Waals surface area contributed by atoms with Gasteiger partial charge in [-0.05, 0) is 55.3 Å². The van der Waals surface area contributed by atoms with Crippen LogP contribution in [0.4, 0.5) is 23.3 Å². The van der Waals surface area contributed by atoms with Gasteiger partial charge in [0.2, 0.25) is 5.95 Å². The Labute approximate surface area is 209 Å². The zero-order chi connectivity index (χ0) is 25.2. The van der Waals surface area contributed by atoms with Crippen LogP contribution in [0.2, 0.25) is 0 Å². The van der Waals surface area contributed by atoms with E-state index < -0.39 is 0 Å². The van der Waals surface area contributed by atoms with Gasteiger partial charge in [-0.1, -0.05) is 6.07 Å². The smallest absolute Gasteiger partial charge is 0.231 e. The second-order valence-corrected chi connectivity index (χ2v) is 7.74. The molecule has 0 fully saturated rings. The minimum absolute atomic E-state index is 0.415. The standard InChI is InChI=1S/C26H28N8O2/c1-18(20-9-12-27-13-10-20)33-34-25-16-24(31-26(32-25)30-21-5-4-11-28-17-21)29-14-8-19-6-7-22(35-2)23(15-19)36-3/h4-7,9-13,15-17H,8,14H2,1-3H3,(H3,29,30,31,32,34). The third-order valence-electron chi connectivity index (χ3n) is 5.25. The molecule has 36 heavy (non-hydrogen) atoms. The van der Waals surface area contributed by atoms with Gasteiger partial charge in [-0.2, -0.15) is 15.1 Å². The number of nitrogens with one attached hydrogen (secondary N) is 3. The molecule has 0 spiro atoms. The Balaban J connectivity index is 1.50. The van der Waals surface area contributed by atoms with Crippen molar-refractivity contribution in [2.75, 3.05) is 36.8 Å². The van der Waals surface area contributed by atoms with E-state index in [9.17, 15) is 0 Å². The predicted molar refractivity (Wildman–Crippen MR) is 141 cm³/mol. The van der Waals surface area contributed by atoms with Gasteiger partial charge in [-0.15, -0.1) is 0 Å². The first-order valence-electron chi connectivity index (χ1n) is 11.4. The number of hydrazone groups is 1. The minimum atomic E-state index is 0.415. The number of hydrogen-bond donors (Lipinski definition) is 3. The van der Waals surface area contributed by atoms with Crippen molar-refractivity contribution in [1.82, 2.24) is 19.9 Å². The van der Waals surface area contributed by atoms with Crippen LogP contribution < -0.4 is 25.5 Å². The molecular weight excluding hydrogens is 456 g/mol. The molecule has 4 aromatic rings. The summed E-state index contributed by atoms with van der Waals surface area (Å²) >= 11 is 0. The largest absolute Gasteiger partial charge is 0.493 e. The van der Waals surface area contributed by atoms with Gasteiger partial charge in [0.1, 0.15) is 5.82 Å². The van der Waals surface area contributed by atoms with Crippen LogP contribution in [0, 0.1) is 0 Å². The summed E-state index contributed by atoms with van der Waals surface area (Å²) < 4.78 is 10.7. The average molecular weight is 485 g/mol. The van der Waals surface area contributed by atoms with E-state index >= 15 is 0 Å². The van der Waals surface area contributed by atoms with E-state index in [4.69, 9.17) is 9.47 Å². The number of rotatable bonds is 11. The van der Waals surface area contributed by atoms with Crippen LogP contribution in [-0.2, 0) is 6.42 Å². The van der Waals surface area contributed by atoms with E-state index in [1.54, 1.807) is 39.0 Å². The number of benzene rings is 1. The number of pyridine rings is 2. The maximum absolute atomic E-state index is 5.40. The van der Waals surface area contributed by atoms with Gasteiger partial charge in [0.25, 0.3) is 0 Å². The van der Waals surface area contributed by atoms with Crippen molar-refractivity contribution in [3.05, 3.63) is 84.4 Å². The summed E-state index contributed by atoms with van der Waals surface area (Å²) in [6, 6.07) is 15.2. The van der Waals surface area contributed by atoms with Gasteiger partial charge in [-0.25, -0.2) is 0 Å². The summed E-state index contributed by atoms with van der Waals surface area (Å²) in [7, 11) is 3.25. The van der Waals surface area contributed by atoms with Crippen LogP contribution in [0.1, 0.15) is 18.1 Å². The quantitative estimate of drug-likeness (QED) is 0.209. The fourth-order valence-corrected chi connectivity index (χ4v) is 3.39. The fourth-order valence-electron chi connectivity index (χ4n) is 3.39. The zero-order valence-electron chi connectivity index (χ0n) is 20.4. The zero-order valence-corrected chi connectivity index (χ0v) is 20.4. The normalized spacial score (nSPS) is 11.0. The lowest BCUT2D eigenvalue weighted by Crippen LogP contribution is -2.10. The van der Waals surface area contributed by atoms with Crippen molar-refractivity contribution in [1.29, 1.82) is 0 Å². The Morgan fingerprint density at radius 2 is 1.69 bits per heavy atom. The van der Waals surface area contributed by atoms with Gasteiger partial charge in [0.15, 0.2) is 17.3 Å². The molecule has 3 N–H and O–H groups in total. The second-order valence-electron chi connectivity index (χ2n) is 7.74. The highest BCUT2D eigenvalue weighted by Crippen LogP contribution is 2.27. The van der Waals surface area contributed by atoms with Crippen molar-refractivity contribution >= 4 is 29.0 Å². The highest BCUT2D eigenvalue weighted by molar-refractivity contribution is 5.98. The van der Waals surface area contributed by atoms with Crippen LogP contribution in [0.15, 0.2) is 78.4 Å². The number of nitrogens with zero attached hydrogens (tertiary/aromatic N) is 5. The number of methoxy groups -OCH3 is 2. The molecule has 0 aliphatic heterocycles. The molecule has 0 bridgehead atoms. The Bertz CT molecular complexity index is 1300. The fraction of sp³-hybridized carbons (Fsp3) is 0.192. The maximum atomic E-state index is 5.40. The molecule has 1 aromatic carbocycles. The van der Waals surface area contributed by atoms with Crippen LogP contribution in [0.3, 0.4) is 0 Å². The van der Waals surface area contributed by atoms with Crippen molar-refractivity contribution in [3.63, 3.8) is 0 Å². The molecule has 0 radical (unpaired) electrons.